The highest BCUT2D eigenvalue weighted by atomic mass is 16.3. The van der Waals surface area contributed by atoms with Crippen LogP contribution in [0.3, 0.4) is 0 Å². The smallest absolute Gasteiger partial charge is 0.248 e. The molecule has 0 radical (unpaired) electrons. The molecule has 0 spiro atoms. The number of nitrogens with zero attached hydrogens (tertiary/aromatic N) is 1. The van der Waals surface area contributed by atoms with Crippen molar-refractivity contribution in [2.75, 3.05) is 26.3 Å². The molecule has 80 heavy (non-hydrogen) atoms. The Kier molecular flexibility index (Phi) is 22.5. The number of nitrogens with one attached hydrogen (secondary N) is 10. The van der Waals surface area contributed by atoms with Gasteiger partial charge in [-0.25, -0.2) is 0 Å². The van der Waals surface area contributed by atoms with Gasteiger partial charge in [-0.15, -0.1) is 0 Å². The first kappa shape index (κ1) is 61.9. The van der Waals surface area contributed by atoms with Crippen molar-refractivity contribution in [3.63, 3.8) is 0 Å². The number of fused-ring (bicyclic) bond motifs is 1. The summed E-state index contributed by atoms with van der Waals surface area (Å²) in [6.07, 6.45) is 0.344. The van der Waals surface area contributed by atoms with Gasteiger partial charge in [0.2, 0.25) is 76.8 Å². The van der Waals surface area contributed by atoms with Crippen LogP contribution >= 0.6 is 0 Å². The summed E-state index contributed by atoms with van der Waals surface area (Å²) >= 11 is 0. The van der Waals surface area contributed by atoms with Gasteiger partial charge in [0.05, 0.1) is 32.6 Å². The fourth-order valence-corrected chi connectivity index (χ4v) is 8.99. The summed E-state index contributed by atoms with van der Waals surface area (Å²) in [5.41, 5.74) is 17.6. The van der Waals surface area contributed by atoms with E-state index in [1.54, 1.807) is 74.6 Å². The molecule has 2 aliphatic rings. The molecule has 2 aromatic carbocycles. The maximum Gasteiger partial charge on any atom is 0.248 e. The second-order valence-corrected chi connectivity index (χ2v) is 19.6. The largest absolute Gasteiger partial charge is 0.394 e. The number of likely N-dealkylation sites (tertiary alicyclic amines) is 1. The average molecular weight is 1120 g/mol. The molecular formula is C51H68N14O15. The minimum atomic E-state index is -1.74. The van der Waals surface area contributed by atoms with Crippen LogP contribution in [0.25, 0.3) is 10.9 Å². The summed E-state index contributed by atoms with van der Waals surface area (Å²) in [4.78, 5) is 174. The molecule has 18 N–H and O–H groups in total. The van der Waals surface area contributed by atoms with Crippen molar-refractivity contribution in [1.29, 1.82) is 0 Å². The Morgan fingerprint density at radius 3 is 1.84 bits per heavy atom. The summed E-state index contributed by atoms with van der Waals surface area (Å²) in [6.45, 7) is 0.351. The van der Waals surface area contributed by atoms with Crippen molar-refractivity contribution in [2.24, 2.45) is 23.1 Å². The zero-order chi connectivity index (χ0) is 58.8. The number of hydrogen-bond acceptors (Lipinski definition) is 15. The van der Waals surface area contributed by atoms with Crippen molar-refractivity contribution < 1.29 is 72.5 Å². The Morgan fingerprint density at radius 2 is 1.23 bits per heavy atom. The Balaban J connectivity index is 1.27. The van der Waals surface area contributed by atoms with Crippen LogP contribution in [0.2, 0.25) is 0 Å². The predicted octanol–water partition coefficient (Wildman–Crippen LogP) is -6.39. The van der Waals surface area contributed by atoms with E-state index >= 15 is 0 Å². The summed E-state index contributed by atoms with van der Waals surface area (Å²) in [5.74, 6) is -12.4. The number of benzene rings is 2. The van der Waals surface area contributed by atoms with E-state index in [1.807, 2.05) is 0 Å². The highest BCUT2D eigenvalue weighted by Gasteiger charge is 2.41. The number of para-hydroxylation sites is 1. The normalized spacial score (nSPS) is 17.5. The molecule has 0 unspecified atom stereocenters. The monoisotopic (exact) mass is 1120 g/mol. The average Bonchev–Trinajstić information content (AvgIpc) is 4.20. The molecule has 0 saturated carbocycles. The Hall–Kier alpha value is -8.99. The zero-order valence-electron chi connectivity index (χ0n) is 43.9. The zero-order valence-corrected chi connectivity index (χ0v) is 43.9. The number of H-pyrrole nitrogens is 1. The van der Waals surface area contributed by atoms with E-state index in [-0.39, 0.29) is 51.0 Å². The van der Waals surface area contributed by atoms with Crippen LogP contribution in [-0.2, 0) is 75.2 Å². The summed E-state index contributed by atoms with van der Waals surface area (Å²) < 4.78 is 0. The molecule has 9 atom stereocenters. The molecule has 29 heteroatoms. The quantitative estimate of drug-likeness (QED) is 0.0308. The summed E-state index contributed by atoms with van der Waals surface area (Å²) in [6, 6.07) is 2.11. The van der Waals surface area contributed by atoms with Gasteiger partial charge in [0.15, 0.2) is 0 Å². The lowest BCUT2D eigenvalue weighted by Gasteiger charge is -2.30. The van der Waals surface area contributed by atoms with E-state index in [4.69, 9.17) is 17.2 Å². The van der Waals surface area contributed by atoms with Crippen molar-refractivity contribution in [1.82, 2.24) is 57.7 Å². The first-order valence-corrected chi connectivity index (χ1v) is 25.7. The van der Waals surface area contributed by atoms with Gasteiger partial charge in [-0.05, 0) is 42.4 Å². The van der Waals surface area contributed by atoms with Crippen LogP contribution in [0.15, 0.2) is 60.8 Å². The van der Waals surface area contributed by atoms with Crippen LogP contribution in [0.4, 0.5) is 0 Å². The number of aromatic amines is 1. The molecule has 2 aliphatic heterocycles. The van der Waals surface area contributed by atoms with Gasteiger partial charge in [0.25, 0.3) is 0 Å². The van der Waals surface area contributed by atoms with Crippen LogP contribution in [-0.4, -0.2) is 178 Å². The topological polar surface area (TPSA) is 468 Å². The number of amides is 13. The van der Waals surface area contributed by atoms with E-state index < -0.39 is 164 Å². The molecule has 2 fully saturated rings. The Morgan fingerprint density at radius 1 is 0.637 bits per heavy atom. The molecule has 5 rings (SSSR count). The highest BCUT2D eigenvalue weighted by molar-refractivity contribution is 6.00. The lowest BCUT2D eigenvalue weighted by molar-refractivity contribution is -0.143. The first-order chi connectivity index (χ1) is 38.0. The van der Waals surface area contributed by atoms with Crippen LogP contribution in [0, 0.1) is 5.92 Å². The van der Waals surface area contributed by atoms with E-state index in [0.717, 1.165) is 4.90 Å². The van der Waals surface area contributed by atoms with Gasteiger partial charge in [0, 0.05) is 42.9 Å². The molecule has 1 aromatic heterocycles. The molecule has 3 heterocycles. The standard InChI is InChI=1S/C51H68N14O15/c1-25(2)42(64-45(74)30-14-15-40(70)57-30)50(79)61-34(20-39(53)69)47(76)59-32(17-26-9-4-3-5-10-26)46(75)63-36(24-67)51(80)65-16-8-13-37(65)49(78)62-35(23-66)48(77)60-33(18-27-21-55-29-12-7-6-11-28(27)29)44(73)56-22-41(71)58-31(43(54)72)19-38(52)68/h3-7,9-12,21,25,30-37,42,55,66-67H,8,13-20,22-24H2,1-2H3,(H2,52,68)(H2,53,69)(H2,54,72)(H,56,73)(H,57,70)(H,58,71)(H,59,76)(H,60,77)(H,61,79)(H,62,78)(H,63,75)(H,64,74)/t30-,31-,32-,33-,34-,35-,36-,37-,42-/m0/s1. The van der Waals surface area contributed by atoms with E-state index in [0.29, 0.717) is 22.0 Å². The molecule has 29 nitrogen and oxygen atoms in total. The van der Waals surface area contributed by atoms with Crippen molar-refractivity contribution in [3.05, 3.63) is 71.9 Å². The number of carbonyl (C=O) groups is 13. The second kappa shape index (κ2) is 29.1. The van der Waals surface area contributed by atoms with E-state index in [1.165, 1.54) is 0 Å². The predicted molar refractivity (Wildman–Crippen MR) is 280 cm³/mol. The SMILES string of the molecule is CC(C)[C@H](NC(=O)[C@@H]1CCC(=O)N1)C(=O)N[C@@H](CC(N)=O)C(=O)N[C@@H](Cc1ccccc1)C(=O)N[C@@H](CO)C(=O)N1CCC[C@H]1C(=O)N[C@@H](CO)C(=O)N[C@@H](Cc1c[nH]c2ccccc12)C(=O)NCC(=O)N[C@@H](CC(N)=O)C(N)=O. The number of aliphatic hydroxyl groups is 2. The lowest BCUT2D eigenvalue weighted by atomic mass is 10.0. The number of aliphatic hydroxyl groups excluding tert-OH is 2. The molecule has 432 valence electrons. The third kappa shape index (κ3) is 17.5. The number of nitrogens with two attached hydrogens (primary N) is 3. The van der Waals surface area contributed by atoms with Gasteiger partial charge < -0.3 is 85.1 Å². The Labute approximate surface area is 457 Å². The molecule has 13 amide bonds. The van der Waals surface area contributed by atoms with Crippen molar-refractivity contribution in [3.8, 4) is 0 Å². The summed E-state index contributed by atoms with van der Waals surface area (Å²) in [5, 5.41) is 43.4. The minimum absolute atomic E-state index is 0.0191. The number of rotatable bonds is 29. The molecule has 2 saturated heterocycles. The maximum atomic E-state index is 14.2. The van der Waals surface area contributed by atoms with Gasteiger partial charge >= 0.3 is 0 Å². The van der Waals surface area contributed by atoms with Crippen LogP contribution in [0.1, 0.15) is 63.5 Å². The maximum absolute atomic E-state index is 14.2. The number of hydrogen-bond donors (Lipinski definition) is 15. The number of carbonyl (C=O) groups excluding carboxylic acids is 13. The highest BCUT2D eigenvalue weighted by Crippen LogP contribution is 2.21. The second-order valence-electron chi connectivity index (χ2n) is 19.6. The number of primary amides is 3. The van der Waals surface area contributed by atoms with E-state index in [2.05, 4.69) is 52.8 Å². The van der Waals surface area contributed by atoms with Gasteiger partial charge in [0.1, 0.15) is 54.4 Å². The van der Waals surface area contributed by atoms with Gasteiger partial charge in [-0.1, -0.05) is 62.4 Å². The minimum Gasteiger partial charge on any atom is -0.394 e. The third-order valence-corrected chi connectivity index (χ3v) is 13.2. The molecule has 0 bridgehead atoms. The van der Waals surface area contributed by atoms with Crippen molar-refractivity contribution >= 4 is 87.7 Å². The van der Waals surface area contributed by atoms with Crippen LogP contribution in [0.5, 0.6) is 0 Å². The number of aromatic nitrogens is 1. The fraction of sp³-hybridized carbons (Fsp3) is 0.471. The van der Waals surface area contributed by atoms with Gasteiger partial charge in [-0.3, -0.25) is 62.3 Å². The first-order valence-electron chi connectivity index (χ1n) is 25.7. The van der Waals surface area contributed by atoms with Gasteiger partial charge in [-0.2, -0.15) is 0 Å². The fourth-order valence-electron chi connectivity index (χ4n) is 8.99. The summed E-state index contributed by atoms with van der Waals surface area (Å²) in [7, 11) is 0. The van der Waals surface area contributed by atoms with Crippen LogP contribution < -0.4 is 65.1 Å². The lowest BCUT2D eigenvalue weighted by Crippen LogP contribution is -2.61. The molecule has 0 aliphatic carbocycles. The molecular weight excluding hydrogens is 1050 g/mol. The Bertz CT molecular complexity index is 2810. The van der Waals surface area contributed by atoms with E-state index in [9.17, 15) is 72.5 Å². The van der Waals surface area contributed by atoms with Crippen molar-refractivity contribution in [2.45, 2.75) is 120 Å². The molecule has 3 aromatic rings. The third-order valence-electron chi connectivity index (χ3n) is 13.2.